The van der Waals surface area contributed by atoms with E-state index in [-0.39, 0.29) is 24.7 Å². The van der Waals surface area contributed by atoms with Crippen molar-refractivity contribution in [3.63, 3.8) is 0 Å². The smallest absolute Gasteiger partial charge is 0.322 e. The van der Waals surface area contributed by atoms with Gasteiger partial charge in [0.05, 0.1) is 18.7 Å². The van der Waals surface area contributed by atoms with Crippen molar-refractivity contribution in [1.29, 1.82) is 0 Å². The number of carbonyl (C=O) groups is 3. The van der Waals surface area contributed by atoms with Crippen LogP contribution in [-0.2, 0) is 16.1 Å². The molecule has 2 heterocycles. The number of amides is 4. The molecular formula is C15H13FN4O3S. The van der Waals surface area contributed by atoms with Crippen LogP contribution in [0.25, 0.3) is 11.3 Å². The van der Waals surface area contributed by atoms with Crippen LogP contribution in [0.15, 0.2) is 29.6 Å². The van der Waals surface area contributed by atoms with Crippen molar-refractivity contribution in [3.05, 3.63) is 40.5 Å². The first-order chi connectivity index (χ1) is 11.5. The Morgan fingerprint density at radius 2 is 2.04 bits per heavy atom. The van der Waals surface area contributed by atoms with Crippen molar-refractivity contribution in [2.24, 2.45) is 0 Å². The lowest BCUT2D eigenvalue weighted by Crippen LogP contribution is -2.36. The third-order valence-electron chi connectivity index (χ3n) is 3.38. The Balaban J connectivity index is 1.53. The summed E-state index contributed by atoms with van der Waals surface area (Å²) < 4.78 is 12.9. The number of nitrogens with one attached hydrogen (secondary N) is 3. The highest BCUT2D eigenvalue weighted by Crippen LogP contribution is 2.22. The van der Waals surface area contributed by atoms with Crippen molar-refractivity contribution in [3.8, 4) is 11.3 Å². The fourth-order valence-corrected chi connectivity index (χ4v) is 2.92. The molecule has 7 nitrogen and oxygen atoms in total. The molecule has 2 aromatic rings. The molecule has 124 valence electrons. The highest BCUT2D eigenvalue weighted by Gasteiger charge is 2.31. The van der Waals surface area contributed by atoms with Gasteiger partial charge in [0.15, 0.2) is 0 Å². The predicted octanol–water partition coefficient (Wildman–Crippen LogP) is 1.16. The molecule has 4 amide bonds. The lowest BCUT2D eigenvalue weighted by atomic mass is 10.2. The molecule has 1 unspecified atom stereocenters. The first-order valence-corrected chi connectivity index (χ1v) is 7.97. The Bertz CT molecular complexity index is 790. The average Bonchev–Trinajstić information content (AvgIpc) is 3.13. The molecule has 0 aliphatic carbocycles. The molecule has 3 rings (SSSR count). The molecule has 1 aromatic carbocycles. The van der Waals surface area contributed by atoms with Crippen molar-refractivity contribution in [1.82, 2.24) is 20.9 Å². The summed E-state index contributed by atoms with van der Waals surface area (Å²) in [6.45, 7) is 0.215. The van der Waals surface area contributed by atoms with E-state index >= 15 is 0 Å². The van der Waals surface area contributed by atoms with E-state index in [0.29, 0.717) is 10.7 Å². The third-order valence-corrected chi connectivity index (χ3v) is 4.23. The van der Waals surface area contributed by atoms with Crippen molar-refractivity contribution >= 4 is 29.2 Å². The molecule has 0 saturated carbocycles. The number of halogens is 1. The van der Waals surface area contributed by atoms with Gasteiger partial charge in [-0.25, -0.2) is 14.2 Å². The van der Waals surface area contributed by atoms with Gasteiger partial charge in [-0.05, 0) is 24.3 Å². The zero-order valence-electron chi connectivity index (χ0n) is 12.3. The SMILES string of the molecule is O=C(CC1NC(=O)NC1=O)NCc1nc(-c2ccc(F)cc2)cs1. The van der Waals surface area contributed by atoms with Crippen LogP contribution in [0.3, 0.4) is 0 Å². The monoisotopic (exact) mass is 348 g/mol. The minimum absolute atomic E-state index is 0.131. The van der Waals surface area contributed by atoms with E-state index in [9.17, 15) is 18.8 Å². The molecule has 3 N–H and O–H groups in total. The van der Waals surface area contributed by atoms with Crippen LogP contribution in [0.2, 0.25) is 0 Å². The van der Waals surface area contributed by atoms with E-state index in [1.807, 2.05) is 5.38 Å². The lowest BCUT2D eigenvalue weighted by molar-refractivity contribution is -0.126. The van der Waals surface area contributed by atoms with Gasteiger partial charge in [-0.2, -0.15) is 0 Å². The number of imide groups is 1. The minimum Gasteiger partial charge on any atom is -0.350 e. The molecular weight excluding hydrogens is 335 g/mol. The molecule has 1 aliphatic rings. The van der Waals surface area contributed by atoms with Crippen molar-refractivity contribution < 1.29 is 18.8 Å². The second-order valence-electron chi connectivity index (χ2n) is 5.13. The molecule has 1 fully saturated rings. The maximum atomic E-state index is 12.9. The van der Waals surface area contributed by atoms with E-state index in [1.54, 1.807) is 12.1 Å². The summed E-state index contributed by atoms with van der Waals surface area (Å²) in [5.74, 6) is -1.19. The maximum Gasteiger partial charge on any atom is 0.322 e. The van der Waals surface area contributed by atoms with Gasteiger partial charge in [0.1, 0.15) is 16.9 Å². The topological polar surface area (TPSA) is 100 Å². The number of hydrogen-bond acceptors (Lipinski definition) is 5. The van der Waals surface area contributed by atoms with Gasteiger partial charge < -0.3 is 10.6 Å². The molecule has 1 atom stereocenters. The first kappa shape index (κ1) is 16.1. The summed E-state index contributed by atoms with van der Waals surface area (Å²) in [6.07, 6.45) is -0.131. The van der Waals surface area contributed by atoms with E-state index in [2.05, 4.69) is 20.9 Å². The number of aromatic nitrogens is 1. The predicted molar refractivity (Wildman–Crippen MR) is 84.4 cm³/mol. The Hall–Kier alpha value is -2.81. The van der Waals surface area contributed by atoms with Crippen LogP contribution >= 0.6 is 11.3 Å². The summed E-state index contributed by atoms with van der Waals surface area (Å²) in [7, 11) is 0. The lowest BCUT2D eigenvalue weighted by Gasteiger charge is -2.07. The zero-order valence-corrected chi connectivity index (χ0v) is 13.2. The Kier molecular flexibility index (Phi) is 4.52. The van der Waals surface area contributed by atoms with Crippen LogP contribution in [0.4, 0.5) is 9.18 Å². The summed E-state index contributed by atoms with van der Waals surface area (Å²) in [5, 5.41) is 9.58. The van der Waals surface area contributed by atoms with E-state index in [1.165, 1.54) is 23.5 Å². The Morgan fingerprint density at radius 1 is 1.29 bits per heavy atom. The normalized spacial score (nSPS) is 16.6. The Morgan fingerprint density at radius 3 is 2.71 bits per heavy atom. The molecule has 0 spiro atoms. The molecule has 1 aromatic heterocycles. The standard InChI is InChI=1S/C15H13FN4O3S/c16-9-3-1-8(2-4-9)11-7-24-13(18-11)6-17-12(21)5-10-14(22)20-15(23)19-10/h1-4,7,10H,5-6H2,(H,17,21)(H2,19,20,22,23). The quantitative estimate of drug-likeness (QED) is 0.706. The van der Waals surface area contributed by atoms with Crippen LogP contribution in [-0.4, -0.2) is 28.9 Å². The highest BCUT2D eigenvalue weighted by molar-refractivity contribution is 7.09. The van der Waals surface area contributed by atoms with Crippen molar-refractivity contribution in [2.45, 2.75) is 19.0 Å². The number of benzene rings is 1. The highest BCUT2D eigenvalue weighted by atomic mass is 32.1. The average molecular weight is 348 g/mol. The molecule has 24 heavy (non-hydrogen) atoms. The zero-order chi connectivity index (χ0) is 17.1. The molecule has 1 aliphatic heterocycles. The fraction of sp³-hybridized carbons (Fsp3) is 0.200. The minimum atomic E-state index is -0.844. The second-order valence-corrected chi connectivity index (χ2v) is 6.07. The maximum absolute atomic E-state index is 12.9. The van der Waals surface area contributed by atoms with Gasteiger partial charge in [0, 0.05) is 10.9 Å². The van der Waals surface area contributed by atoms with E-state index in [4.69, 9.17) is 0 Å². The molecule has 0 radical (unpaired) electrons. The molecule has 1 saturated heterocycles. The largest absolute Gasteiger partial charge is 0.350 e. The van der Waals surface area contributed by atoms with E-state index < -0.39 is 18.0 Å². The summed E-state index contributed by atoms with van der Waals surface area (Å²) in [4.78, 5) is 38.5. The van der Waals surface area contributed by atoms with Gasteiger partial charge in [-0.3, -0.25) is 14.9 Å². The fourth-order valence-electron chi connectivity index (χ4n) is 2.18. The summed E-state index contributed by atoms with van der Waals surface area (Å²) in [6, 6.07) is 4.54. The van der Waals surface area contributed by atoms with E-state index in [0.717, 1.165) is 5.56 Å². The van der Waals surface area contributed by atoms with Crippen molar-refractivity contribution in [2.75, 3.05) is 0 Å². The number of urea groups is 1. The van der Waals surface area contributed by atoms with Gasteiger partial charge in [-0.1, -0.05) is 0 Å². The van der Waals surface area contributed by atoms with Gasteiger partial charge >= 0.3 is 6.03 Å². The van der Waals surface area contributed by atoms with Crippen LogP contribution in [0, 0.1) is 5.82 Å². The molecule has 0 bridgehead atoms. The van der Waals surface area contributed by atoms with Gasteiger partial charge in [0.25, 0.3) is 5.91 Å². The first-order valence-electron chi connectivity index (χ1n) is 7.09. The van der Waals surface area contributed by atoms with Crippen LogP contribution < -0.4 is 16.0 Å². The number of rotatable bonds is 5. The number of nitrogens with zero attached hydrogens (tertiary/aromatic N) is 1. The third kappa shape index (κ3) is 3.74. The van der Waals surface area contributed by atoms with Gasteiger partial charge in [0.2, 0.25) is 5.91 Å². The van der Waals surface area contributed by atoms with Crippen LogP contribution in [0.1, 0.15) is 11.4 Å². The van der Waals surface area contributed by atoms with Gasteiger partial charge in [-0.15, -0.1) is 11.3 Å². The Labute approximate surface area is 140 Å². The number of hydrogen-bond donors (Lipinski definition) is 3. The summed E-state index contributed by atoms with van der Waals surface area (Å²) >= 11 is 1.37. The number of carbonyl (C=O) groups excluding carboxylic acids is 3. The summed E-state index contributed by atoms with van der Waals surface area (Å²) in [5.41, 5.74) is 1.49. The molecule has 9 heteroatoms. The number of thiazole rings is 1. The second kappa shape index (κ2) is 6.75. The van der Waals surface area contributed by atoms with Crippen LogP contribution in [0.5, 0.6) is 0 Å².